The largest absolute Gasteiger partial charge is 0.497 e. The van der Waals surface area contributed by atoms with Gasteiger partial charge in [0.1, 0.15) is 23.1 Å². The van der Waals surface area contributed by atoms with Crippen LogP contribution in [0.1, 0.15) is 5.56 Å². The lowest BCUT2D eigenvalue weighted by atomic mass is 10.2. The van der Waals surface area contributed by atoms with Crippen LogP contribution in [0.4, 0.5) is 14.5 Å². The molecule has 1 N–H and O–H groups in total. The number of hydrogen-bond donors (Lipinski definition) is 1. The molecule has 0 radical (unpaired) electrons. The molecule has 0 unspecified atom stereocenters. The molecular weight excluding hydrogens is 330 g/mol. The Hall–Kier alpha value is -2.67. The van der Waals surface area contributed by atoms with Crippen molar-refractivity contribution in [3.8, 4) is 11.5 Å². The molecule has 0 saturated heterocycles. The van der Waals surface area contributed by atoms with Crippen molar-refractivity contribution in [3.63, 3.8) is 0 Å². The number of benzene rings is 2. The van der Waals surface area contributed by atoms with Crippen LogP contribution in [0, 0.1) is 11.6 Å². The highest BCUT2D eigenvalue weighted by molar-refractivity contribution is 5.92. The van der Waals surface area contributed by atoms with Crippen LogP contribution in [-0.2, 0) is 11.3 Å². The fourth-order valence-electron chi connectivity index (χ4n) is 2.32. The first kappa shape index (κ1) is 18.7. The zero-order valence-electron chi connectivity index (χ0n) is 14.3. The molecular formula is C18H20F2N2O3. The summed E-state index contributed by atoms with van der Waals surface area (Å²) in [5.74, 6) is -0.438. The van der Waals surface area contributed by atoms with Crippen LogP contribution in [0.25, 0.3) is 0 Å². The van der Waals surface area contributed by atoms with Gasteiger partial charge in [-0.1, -0.05) is 6.07 Å². The second-order valence-corrected chi connectivity index (χ2v) is 5.56. The van der Waals surface area contributed by atoms with Crippen LogP contribution in [0.15, 0.2) is 36.4 Å². The number of nitrogens with zero attached hydrogens (tertiary/aromatic N) is 1. The van der Waals surface area contributed by atoms with E-state index >= 15 is 0 Å². The Morgan fingerprint density at radius 1 is 1.08 bits per heavy atom. The summed E-state index contributed by atoms with van der Waals surface area (Å²) in [6.45, 7) is 0.220. The number of anilines is 1. The number of amides is 1. The number of hydrogen-bond acceptors (Lipinski definition) is 4. The maximum Gasteiger partial charge on any atom is 0.238 e. The van der Waals surface area contributed by atoms with E-state index in [0.29, 0.717) is 22.7 Å². The summed E-state index contributed by atoms with van der Waals surface area (Å²) in [6.07, 6.45) is 0. The minimum atomic E-state index is -0.634. The lowest BCUT2D eigenvalue weighted by molar-refractivity contribution is -0.117. The van der Waals surface area contributed by atoms with Crippen LogP contribution in [0.3, 0.4) is 0 Å². The fourth-order valence-corrected chi connectivity index (χ4v) is 2.32. The molecule has 0 fully saturated rings. The number of nitrogens with one attached hydrogen (secondary N) is 1. The molecule has 7 heteroatoms. The third-order valence-corrected chi connectivity index (χ3v) is 3.50. The lowest BCUT2D eigenvalue weighted by Crippen LogP contribution is -2.30. The molecule has 0 aliphatic carbocycles. The molecule has 134 valence electrons. The first-order valence-corrected chi connectivity index (χ1v) is 7.56. The predicted octanol–water partition coefficient (Wildman–Crippen LogP) is 3.05. The van der Waals surface area contributed by atoms with Crippen LogP contribution in [0.5, 0.6) is 11.5 Å². The maximum atomic E-state index is 13.7. The molecule has 1 amide bonds. The van der Waals surface area contributed by atoms with Gasteiger partial charge in [-0.3, -0.25) is 9.69 Å². The molecule has 2 aromatic rings. The summed E-state index contributed by atoms with van der Waals surface area (Å²) >= 11 is 0. The number of ether oxygens (including phenoxy) is 2. The molecule has 0 atom stereocenters. The van der Waals surface area contributed by atoms with Gasteiger partial charge in [0.25, 0.3) is 0 Å². The second kappa shape index (κ2) is 8.43. The number of rotatable bonds is 7. The van der Waals surface area contributed by atoms with E-state index in [4.69, 9.17) is 9.47 Å². The van der Waals surface area contributed by atoms with Gasteiger partial charge in [-0.05, 0) is 13.1 Å². The Morgan fingerprint density at radius 2 is 1.72 bits per heavy atom. The summed E-state index contributed by atoms with van der Waals surface area (Å²) in [7, 11) is 4.71. The van der Waals surface area contributed by atoms with E-state index in [1.165, 1.54) is 26.4 Å². The summed E-state index contributed by atoms with van der Waals surface area (Å²) < 4.78 is 36.9. The van der Waals surface area contributed by atoms with Gasteiger partial charge in [-0.25, -0.2) is 8.78 Å². The molecule has 0 saturated carbocycles. The molecule has 0 aliphatic rings. The highest BCUT2D eigenvalue weighted by Gasteiger charge is 2.12. The Labute approximate surface area is 145 Å². The van der Waals surface area contributed by atoms with Gasteiger partial charge in [0.15, 0.2) is 0 Å². The Kier molecular flexibility index (Phi) is 6.30. The van der Waals surface area contributed by atoms with Crippen LogP contribution >= 0.6 is 0 Å². The third kappa shape index (κ3) is 5.42. The van der Waals surface area contributed by atoms with Gasteiger partial charge >= 0.3 is 0 Å². The number of carbonyl (C=O) groups excluding carboxylic acids is 1. The van der Waals surface area contributed by atoms with E-state index in [-0.39, 0.29) is 19.0 Å². The van der Waals surface area contributed by atoms with Crippen molar-refractivity contribution in [3.05, 3.63) is 53.6 Å². The van der Waals surface area contributed by atoms with Gasteiger partial charge in [0.2, 0.25) is 5.91 Å². The molecule has 0 aliphatic heterocycles. The van der Waals surface area contributed by atoms with Crippen molar-refractivity contribution in [1.82, 2.24) is 4.90 Å². The average Bonchev–Trinajstić information content (AvgIpc) is 2.56. The zero-order chi connectivity index (χ0) is 18.4. The smallest absolute Gasteiger partial charge is 0.238 e. The van der Waals surface area contributed by atoms with Crippen molar-refractivity contribution in [2.24, 2.45) is 0 Å². The lowest BCUT2D eigenvalue weighted by Gasteiger charge is -2.17. The standard InChI is InChI=1S/C18H20F2N2O3/c1-22(10-12-4-5-13(19)6-17(12)20)11-18(23)21-14-7-15(24-2)9-16(8-14)25-3/h4-9H,10-11H2,1-3H3,(H,21,23). The second-order valence-electron chi connectivity index (χ2n) is 5.56. The van der Waals surface area contributed by atoms with E-state index < -0.39 is 11.6 Å². The molecule has 0 heterocycles. The summed E-state index contributed by atoms with van der Waals surface area (Å²) in [5.41, 5.74) is 0.849. The third-order valence-electron chi connectivity index (χ3n) is 3.50. The van der Waals surface area contributed by atoms with Crippen molar-refractivity contribution >= 4 is 11.6 Å². The van der Waals surface area contributed by atoms with E-state index in [2.05, 4.69) is 5.32 Å². The van der Waals surface area contributed by atoms with Gasteiger partial charge < -0.3 is 14.8 Å². The highest BCUT2D eigenvalue weighted by atomic mass is 19.1. The molecule has 2 aromatic carbocycles. The average molecular weight is 350 g/mol. The topological polar surface area (TPSA) is 50.8 Å². The Balaban J connectivity index is 1.97. The number of likely N-dealkylation sites (N-methyl/N-ethyl adjacent to an activating group) is 1. The van der Waals surface area contributed by atoms with Crippen molar-refractivity contribution in [1.29, 1.82) is 0 Å². The van der Waals surface area contributed by atoms with E-state index in [1.54, 1.807) is 30.1 Å². The molecule has 25 heavy (non-hydrogen) atoms. The first-order chi connectivity index (χ1) is 11.9. The van der Waals surface area contributed by atoms with E-state index in [0.717, 1.165) is 6.07 Å². The summed E-state index contributed by atoms with van der Waals surface area (Å²) in [5, 5.41) is 2.74. The predicted molar refractivity (Wildman–Crippen MR) is 90.9 cm³/mol. The number of methoxy groups -OCH3 is 2. The Bertz CT molecular complexity index is 731. The minimum absolute atomic E-state index is 0.0380. The first-order valence-electron chi connectivity index (χ1n) is 7.56. The number of carbonyl (C=O) groups is 1. The van der Waals surface area contributed by atoms with Crippen molar-refractivity contribution in [2.75, 3.05) is 33.1 Å². The molecule has 0 bridgehead atoms. The van der Waals surface area contributed by atoms with Crippen LogP contribution < -0.4 is 14.8 Å². The van der Waals surface area contributed by atoms with Gasteiger partial charge in [0, 0.05) is 42.1 Å². The van der Waals surface area contributed by atoms with Crippen molar-refractivity contribution < 1.29 is 23.0 Å². The fraction of sp³-hybridized carbons (Fsp3) is 0.278. The Morgan fingerprint density at radius 3 is 2.28 bits per heavy atom. The van der Waals surface area contributed by atoms with Gasteiger partial charge in [0.05, 0.1) is 20.8 Å². The highest BCUT2D eigenvalue weighted by Crippen LogP contribution is 2.25. The molecule has 2 rings (SSSR count). The number of halogens is 2. The van der Waals surface area contributed by atoms with Gasteiger partial charge in [-0.2, -0.15) is 0 Å². The normalized spacial score (nSPS) is 10.6. The van der Waals surface area contributed by atoms with Crippen molar-refractivity contribution in [2.45, 2.75) is 6.54 Å². The molecule has 5 nitrogen and oxygen atoms in total. The monoisotopic (exact) mass is 350 g/mol. The van der Waals surface area contributed by atoms with Gasteiger partial charge in [-0.15, -0.1) is 0 Å². The van der Waals surface area contributed by atoms with Crippen LogP contribution in [0.2, 0.25) is 0 Å². The SMILES string of the molecule is COc1cc(NC(=O)CN(C)Cc2ccc(F)cc2F)cc(OC)c1. The molecule has 0 spiro atoms. The maximum absolute atomic E-state index is 13.7. The zero-order valence-corrected chi connectivity index (χ0v) is 14.3. The van der Waals surface area contributed by atoms with E-state index in [9.17, 15) is 13.6 Å². The van der Waals surface area contributed by atoms with Crippen LogP contribution in [-0.4, -0.2) is 38.6 Å². The quantitative estimate of drug-likeness (QED) is 0.834. The van der Waals surface area contributed by atoms with E-state index in [1.807, 2.05) is 0 Å². The molecule has 0 aromatic heterocycles. The summed E-state index contributed by atoms with van der Waals surface area (Å²) in [4.78, 5) is 13.8. The minimum Gasteiger partial charge on any atom is -0.497 e. The summed E-state index contributed by atoms with van der Waals surface area (Å²) in [6, 6.07) is 8.41.